The molecule has 0 aliphatic rings. The lowest BCUT2D eigenvalue weighted by Crippen LogP contribution is -2.45. The van der Waals surface area contributed by atoms with Gasteiger partial charge in [-0.3, -0.25) is 9.59 Å². The maximum Gasteiger partial charge on any atom is 0.244 e. The monoisotopic (exact) mass is 214 g/mol. The number of allylic oxidation sites excluding steroid dienone is 1. The minimum Gasteiger partial charge on any atom is -0.383 e. The smallest absolute Gasteiger partial charge is 0.244 e. The van der Waals surface area contributed by atoms with E-state index in [0.717, 1.165) is 0 Å². The third-order valence-corrected chi connectivity index (χ3v) is 1.68. The molecule has 2 amide bonds. The summed E-state index contributed by atoms with van der Waals surface area (Å²) >= 11 is 0. The Labute approximate surface area is 89.9 Å². The van der Waals surface area contributed by atoms with E-state index in [-0.39, 0.29) is 11.8 Å². The van der Waals surface area contributed by atoms with E-state index in [1.807, 2.05) is 0 Å². The van der Waals surface area contributed by atoms with E-state index < -0.39 is 6.04 Å². The molecule has 0 aliphatic carbocycles. The molecule has 1 unspecified atom stereocenters. The lowest BCUT2D eigenvalue weighted by molar-refractivity contribution is -0.126. The fourth-order valence-electron chi connectivity index (χ4n) is 0.908. The number of amides is 2. The third-order valence-electron chi connectivity index (χ3n) is 1.68. The summed E-state index contributed by atoms with van der Waals surface area (Å²) in [5.41, 5.74) is 0. The van der Waals surface area contributed by atoms with Crippen molar-refractivity contribution in [1.82, 2.24) is 10.6 Å². The molecular weight excluding hydrogens is 196 g/mol. The molecule has 0 rings (SSSR count). The first-order valence-electron chi connectivity index (χ1n) is 4.81. The summed E-state index contributed by atoms with van der Waals surface area (Å²) in [7, 11) is 1.56. The molecular formula is C10H18N2O3. The fourth-order valence-corrected chi connectivity index (χ4v) is 0.908. The second-order valence-corrected chi connectivity index (χ2v) is 3.01. The zero-order valence-electron chi connectivity index (χ0n) is 9.37. The Balaban J connectivity index is 3.83. The van der Waals surface area contributed by atoms with Crippen molar-refractivity contribution in [2.75, 3.05) is 20.3 Å². The van der Waals surface area contributed by atoms with Crippen molar-refractivity contribution < 1.29 is 14.3 Å². The van der Waals surface area contributed by atoms with Gasteiger partial charge in [0, 0.05) is 13.7 Å². The Morgan fingerprint density at radius 1 is 1.47 bits per heavy atom. The molecule has 0 spiro atoms. The number of carbonyl (C=O) groups excluding carboxylic acids is 2. The van der Waals surface area contributed by atoms with Crippen LogP contribution in [0.5, 0.6) is 0 Å². The lowest BCUT2D eigenvalue weighted by atomic mass is 10.3. The van der Waals surface area contributed by atoms with Gasteiger partial charge in [-0.05, 0) is 19.9 Å². The van der Waals surface area contributed by atoms with Crippen LogP contribution in [0, 0.1) is 0 Å². The zero-order valence-corrected chi connectivity index (χ0v) is 9.37. The molecule has 0 saturated heterocycles. The van der Waals surface area contributed by atoms with Crippen molar-refractivity contribution in [2.45, 2.75) is 19.9 Å². The van der Waals surface area contributed by atoms with Crippen molar-refractivity contribution >= 4 is 11.8 Å². The van der Waals surface area contributed by atoms with E-state index >= 15 is 0 Å². The van der Waals surface area contributed by atoms with Crippen molar-refractivity contribution in [3.63, 3.8) is 0 Å². The Morgan fingerprint density at radius 2 is 2.13 bits per heavy atom. The lowest BCUT2D eigenvalue weighted by Gasteiger charge is -2.12. The van der Waals surface area contributed by atoms with Gasteiger partial charge in [-0.2, -0.15) is 0 Å². The SMILES string of the molecule is C/C=C/C(=O)NC(C)C(=O)NCCOC. The number of carbonyl (C=O) groups is 2. The van der Waals surface area contributed by atoms with Crippen LogP contribution in [0.1, 0.15) is 13.8 Å². The summed E-state index contributed by atoms with van der Waals surface area (Å²) in [6, 6.07) is -0.537. The van der Waals surface area contributed by atoms with Crippen molar-refractivity contribution in [1.29, 1.82) is 0 Å². The van der Waals surface area contributed by atoms with E-state index in [1.165, 1.54) is 6.08 Å². The van der Waals surface area contributed by atoms with Crippen LogP contribution in [0.25, 0.3) is 0 Å². The Bertz CT molecular complexity index is 239. The standard InChI is InChI=1S/C10H18N2O3/c1-4-5-9(13)12-8(2)10(14)11-6-7-15-3/h4-5,8H,6-7H2,1-3H3,(H,11,14)(H,12,13)/b5-4+. The summed E-state index contributed by atoms with van der Waals surface area (Å²) in [6.45, 7) is 4.27. The van der Waals surface area contributed by atoms with E-state index in [4.69, 9.17) is 4.74 Å². The number of ether oxygens (including phenoxy) is 1. The third kappa shape index (κ3) is 6.68. The summed E-state index contributed by atoms with van der Waals surface area (Å²) in [4.78, 5) is 22.4. The predicted octanol–water partition coefficient (Wildman–Crippen LogP) is -0.170. The number of hydrogen-bond donors (Lipinski definition) is 2. The average molecular weight is 214 g/mol. The Hall–Kier alpha value is -1.36. The minimum absolute atomic E-state index is 0.218. The second-order valence-electron chi connectivity index (χ2n) is 3.01. The number of hydrogen-bond acceptors (Lipinski definition) is 3. The average Bonchev–Trinajstić information content (AvgIpc) is 2.18. The summed E-state index contributed by atoms with van der Waals surface area (Å²) < 4.78 is 4.78. The Kier molecular flexibility index (Phi) is 7.27. The molecule has 0 radical (unpaired) electrons. The maximum atomic E-state index is 11.4. The minimum atomic E-state index is -0.537. The predicted molar refractivity (Wildman–Crippen MR) is 57.3 cm³/mol. The van der Waals surface area contributed by atoms with Crippen molar-refractivity contribution in [3.05, 3.63) is 12.2 Å². The highest BCUT2D eigenvalue weighted by molar-refractivity contribution is 5.92. The molecule has 0 fully saturated rings. The van der Waals surface area contributed by atoms with Crippen LogP contribution in [0.3, 0.4) is 0 Å². The van der Waals surface area contributed by atoms with E-state index in [2.05, 4.69) is 10.6 Å². The van der Waals surface area contributed by atoms with Gasteiger partial charge in [0.1, 0.15) is 6.04 Å². The zero-order chi connectivity index (χ0) is 11.7. The normalized spacial score (nSPS) is 12.5. The maximum absolute atomic E-state index is 11.4. The number of rotatable bonds is 6. The van der Waals surface area contributed by atoms with Gasteiger partial charge in [0.05, 0.1) is 6.61 Å². The van der Waals surface area contributed by atoms with Gasteiger partial charge in [0.15, 0.2) is 0 Å². The van der Waals surface area contributed by atoms with Crippen molar-refractivity contribution in [3.8, 4) is 0 Å². The molecule has 1 atom stereocenters. The van der Waals surface area contributed by atoms with Gasteiger partial charge in [0.2, 0.25) is 11.8 Å². The van der Waals surface area contributed by atoms with Crippen LogP contribution in [0.15, 0.2) is 12.2 Å². The second kappa shape index (κ2) is 7.99. The summed E-state index contributed by atoms with van der Waals surface area (Å²) in [5, 5.41) is 5.16. The van der Waals surface area contributed by atoms with Gasteiger partial charge in [0.25, 0.3) is 0 Å². The van der Waals surface area contributed by atoms with Gasteiger partial charge in [-0.15, -0.1) is 0 Å². The molecule has 15 heavy (non-hydrogen) atoms. The highest BCUT2D eigenvalue weighted by atomic mass is 16.5. The van der Waals surface area contributed by atoms with Crippen LogP contribution < -0.4 is 10.6 Å². The highest BCUT2D eigenvalue weighted by Crippen LogP contribution is 1.83. The molecule has 0 aromatic carbocycles. The van der Waals surface area contributed by atoms with Gasteiger partial charge < -0.3 is 15.4 Å². The van der Waals surface area contributed by atoms with Gasteiger partial charge in [-0.1, -0.05) is 6.08 Å². The van der Waals surface area contributed by atoms with E-state index in [9.17, 15) is 9.59 Å². The van der Waals surface area contributed by atoms with Crippen LogP contribution in [-0.2, 0) is 14.3 Å². The van der Waals surface area contributed by atoms with Gasteiger partial charge >= 0.3 is 0 Å². The summed E-state index contributed by atoms with van der Waals surface area (Å²) in [5.74, 6) is -0.489. The first-order chi connectivity index (χ1) is 7.11. The Morgan fingerprint density at radius 3 is 2.67 bits per heavy atom. The number of nitrogens with one attached hydrogen (secondary N) is 2. The molecule has 0 aromatic rings. The van der Waals surface area contributed by atoms with Crippen molar-refractivity contribution in [2.24, 2.45) is 0 Å². The van der Waals surface area contributed by atoms with E-state index in [1.54, 1.807) is 27.0 Å². The molecule has 2 N–H and O–H groups in total. The van der Waals surface area contributed by atoms with Gasteiger partial charge in [-0.25, -0.2) is 0 Å². The van der Waals surface area contributed by atoms with E-state index in [0.29, 0.717) is 13.2 Å². The fraction of sp³-hybridized carbons (Fsp3) is 0.600. The number of methoxy groups -OCH3 is 1. The largest absolute Gasteiger partial charge is 0.383 e. The molecule has 0 aromatic heterocycles. The molecule has 86 valence electrons. The first-order valence-corrected chi connectivity index (χ1v) is 4.81. The molecule has 5 heteroatoms. The van der Waals surface area contributed by atoms with Crippen LogP contribution in [0.2, 0.25) is 0 Å². The molecule has 0 aliphatic heterocycles. The van der Waals surface area contributed by atoms with Crippen LogP contribution in [0.4, 0.5) is 0 Å². The molecule has 5 nitrogen and oxygen atoms in total. The quantitative estimate of drug-likeness (QED) is 0.476. The molecule has 0 heterocycles. The molecule has 0 saturated carbocycles. The molecule has 0 bridgehead atoms. The van der Waals surface area contributed by atoms with Crippen LogP contribution >= 0.6 is 0 Å². The van der Waals surface area contributed by atoms with Crippen LogP contribution in [-0.4, -0.2) is 38.1 Å². The first kappa shape index (κ1) is 13.6. The summed E-state index contributed by atoms with van der Waals surface area (Å²) in [6.07, 6.45) is 2.99. The highest BCUT2D eigenvalue weighted by Gasteiger charge is 2.12. The topological polar surface area (TPSA) is 67.4 Å².